The molecule has 6 aromatic heterocycles. The van der Waals surface area contributed by atoms with Crippen molar-refractivity contribution in [3.8, 4) is 22.5 Å². The van der Waals surface area contributed by atoms with E-state index < -0.39 is 19.7 Å². The zero-order valence-electron chi connectivity index (χ0n) is 36.1. The van der Waals surface area contributed by atoms with Crippen molar-refractivity contribution in [3.05, 3.63) is 94.5 Å². The first-order valence-electron chi connectivity index (χ1n) is 21.7. The number of sulfone groups is 2. The van der Waals surface area contributed by atoms with E-state index in [1.807, 2.05) is 6.20 Å². The number of anilines is 1. The van der Waals surface area contributed by atoms with Crippen molar-refractivity contribution in [2.24, 2.45) is 0 Å². The van der Waals surface area contributed by atoms with E-state index in [9.17, 15) is 16.8 Å². The Morgan fingerprint density at radius 2 is 1.09 bits per heavy atom. The van der Waals surface area contributed by atoms with E-state index in [-0.39, 0.29) is 4.90 Å². The summed E-state index contributed by atoms with van der Waals surface area (Å²) < 4.78 is 61.0. The first kappa shape index (κ1) is 44.7. The molecule has 8 aromatic rings. The van der Waals surface area contributed by atoms with Gasteiger partial charge in [-0.15, -0.1) is 10.2 Å². The van der Waals surface area contributed by atoms with E-state index in [2.05, 4.69) is 74.4 Å². The molecular formula is C43H46BrN12O6S4+. The molecule has 0 radical (unpaired) electrons. The Bertz CT molecular complexity index is 3130. The third-order valence-corrected chi connectivity index (χ3v) is 16.6. The highest BCUT2D eigenvalue weighted by Gasteiger charge is 2.33. The average molecular weight is 1040 g/mol. The van der Waals surface area contributed by atoms with Gasteiger partial charge in [0.05, 0.1) is 28.7 Å². The summed E-state index contributed by atoms with van der Waals surface area (Å²) in [6.07, 6.45) is 17.1. The van der Waals surface area contributed by atoms with Crippen LogP contribution < -0.4 is 4.90 Å². The van der Waals surface area contributed by atoms with E-state index in [1.54, 1.807) is 63.0 Å². The van der Waals surface area contributed by atoms with Gasteiger partial charge in [-0.2, -0.15) is 18.4 Å². The zero-order valence-corrected chi connectivity index (χ0v) is 41.0. The molecule has 2 saturated heterocycles. The maximum Gasteiger partial charge on any atom is 0.319 e. The number of nitrogens with zero attached hydrogens (tertiary/aromatic N) is 12. The van der Waals surface area contributed by atoms with Crippen LogP contribution in [0.1, 0.15) is 98.5 Å². The lowest BCUT2D eigenvalue weighted by molar-refractivity contribution is 0.227. The van der Waals surface area contributed by atoms with Gasteiger partial charge in [-0.3, -0.25) is 0 Å². The predicted octanol–water partition coefficient (Wildman–Crippen LogP) is 8.05. The molecule has 18 nitrogen and oxygen atoms in total. The lowest BCUT2D eigenvalue weighted by Gasteiger charge is -2.29. The van der Waals surface area contributed by atoms with Crippen LogP contribution in [-0.2, 0) is 19.7 Å². The van der Waals surface area contributed by atoms with E-state index in [4.69, 9.17) is 14.1 Å². The van der Waals surface area contributed by atoms with Crippen molar-refractivity contribution in [2.45, 2.75) is 84.8 Å². The quantitative estimate of drug-likeness (QED) is 0.125. The Hall–Kier alpha value is -5.07. The number of aromatic nitrogens is 10. The average Bonchev–Trinajstić information content (AvgIpc) is 3.90. The summed E-state index contributed by atoms with van der Waals surface area (Å²) in [5, 5.41) is 18.1. The highest BCUT2D eigenvalue weighted by Crippen LogP contribution is 2.41. The normalized spacial score (nSPS) is 17.8. The minimum absolute atomic E-state index is 0.193. The summed E-state index contributed by atoms with van der Waals surface area (Å²) in [6.45, 7) is 4.07. The van der Waals surface area contributed by atoms with Crippen molar-refractivity contribution in [1.29, 1.82) is 0 Å². The molecule has 2 aromatic carbocycles. The van der Waals surface area contributed by atoms with Crippen molar-refractivity contribution in [1.82, 2.24) is 54.4 Å². The van der Waals surface area contributed by atoms with Gasteiger partial charge in [-0.25, -0.2) is 27.4 Å². The second-order valence-electron chi connectivity index (χ2n) is 17.3. The summed E-state index contributed by atoms with van der Waals surface area (Å²) in [5.41, 5.74) is 3.22. The molecule has 0 N–H and O–H groups in total. The first-order chi connectivity index (χ1) is 31.7. The molecule has 344 valence electrons. The van der Waals surface area contributed by atoms with Crippen LogP contribution in [-0.4, -0.2) is 111 Å². The second kappa shape index (κ2) is 18.2. The lowest BCUT2D eigenvalue weighted by Crippen LogP contribution is -2.33. The molecule has 2 aliphatic heterocycles. The monoisotopic (exact) mass is 1030 g/mol. The van der Waals surface area contributed by atoms with Crippen LogP contribution in [0.25, 0.3) is 32.4 Å². The molecule has 8 heterocycles. The standard InChI is InChI=1S/C21H22N6O3S2.C11H7BrN3O2S2.C11H17N3O/c1-32(28,29)16-6-4-13(5-7-16)17-12-27-20(22-17)31-21(24-27)26-10-8-15(9-11-26)19-23-18(25-30-19)14-2-3-14;1-19(16,17)8-4-2-7(3-5-8)9-6-15-11(13-9)18-10(12)14-15;1-14-6-4-9(5-7-14)11-12-10(13-15-11)8-2-3-8/h4-7,12,14-15H,2-3,8-11H2,1H3;2-6H,1H2;8-9H,2-7H2,1H3/q;+1;. The molecule has 12 rings (SSSR count). The predicted molar refractivity (Wildman–Crippen MR) is 252 cm³/mol. The fourth-order valence-electron chi connectivity index (χ4n) is 7.89. The van der Waals surface area contributed by atoms with Crippen LogP contribution in [0.15, 0.2) is 83.7 Å². The van der Waals surface area contributed by atoms with Crippen molar-refractivity contribution in [3.63, 3.8) is 0 Å². The molecule has 4 fully saturated rings. The van der Waals surface area contributed by atoms with E-state index in [0.29, 0.717) is 28.6 Å². The van der Waals surface area contributed by atoms with Crippen molar-refractivity contribution in [2.75, 3.05) is 44.4 Å². The second-order valence-corrected chi connectivity index (χ2v) is 24.1. The summed E-state index contributed by atoms with van der Waals surface area (Å²) in [6, 6.07) is 13.2. The SMILES string of the molecule is CN1CCC(c2nc(C3CC3)no2)CC1.CS(=O)(=O)c1ccc(-c2cn3nc(N4CCC(c5nc(C6CC6)no5)CC4)sc3n2)cc1.[CH2+]S(=O)(=O)c1ccc(-c2cn3nc(Br)sc3n2)cc1. The van der Waals surface area contributed by atoms with Gasteiger partial charge in [-0.1, -0.05) is 57.3 Å². The number of fused-ring (bicyclic) bond motifs is 2. The number of hydrogen-bond acceptors (Lipinski definition) is 18. The Morgan fingerprint density at radius 1 is 0.621 bits per heavy atom. The van der Waals surface area contributed by atoms with Crippen LogP contribution in [0.3, 0.4) is 0 Å². The summed E-state index contributed by atoms with van der Waals surface area (Å²) in [4.78, 5) is 25.0. The molecule has 0 bridgehead atoms. The largest absolute Gasteiger partial charge is 0.347 e. The van der Waals surface area contributed by atoms with Crippen molar-refractivity contribution < 1.29 is 25.9 Å². The molecule has 23 heteroatoms. The van der Waals surface area contributed by atoms with Gasteiger partial charge >= 0.3 is 9.84 Å². The smallest absolute Gasteiger partial charge is 0.319 e. The molecule has 2 saturated carbocycles. The number of likely N-dealkylation sites (tertiary alicyclic amines) is 1. The molecule has 0 spiro atoms. The van der Waals surface area contributed by atoms with Crippen LogP contribution in [0.4, 0.5) is 5.13 Å². The molecule has 0 amide bonds. The Kier molecular flexibility index (Phi) is 12.3. The third kappa shape index (κ3) is 10.2. The number of hydrogen-bond donors (Lipinski definition) is 0. The Labute approximate surface area is 397 Å². The molecule has 0 unspecified atom stereocenters. The number of piperidine rings is 2. The zero-order chi connectivity index (χ0) is 45.7. The van der Waals surface area contributed by atoms with Gasteiger partial charge < -0.3 is 18.8 Å². The summed E-state index contributed by atoms with van der Waals surface area (Å²) in [7, 11) is -4.46. The number of rotatable bonds is 9. The number of halogens is 1. The fourth-order valence-corrected chi connectivity index (χ4v) is 11.2. The minimum atomic E-state index is -3.41. The number of benzene rings is 2. The van der Waals surface area contributed by atoms with Crippen LogP contribution >= 0.6 is 38.6 Å². The van der Waals surface area contributed by atoms with Crippen molar-refractivity contribution >= 4 is 73.3 Å². The van der Waals surface area contributed by atoms with Crippen LogP contribution in [0.2, 0.25) is 0 Å². The molecule has 0 atom stereocenters. The van der Waals surface area contributed by atoms with Gasteiger partial charge in [0.1, 0.15) is 4.90 Å². The van der Waals surface area contributed by atoms with Gasteiger partial charge in [0.2, 0.25) is 26.8 Å². The highest BCUT2D eigenvalue weighted by atomic mass is 79.9. The number of imidazole rings is 2. The molecule has 66 heavy (non-hydrogen) atoms. The van der Waals surface area contributed by atoms with E-state index >= 15 is 0 Å². The Morgan fingerprint density at radius 3 is 1.55 bits per heavy atom. The fraction of sp³-hybridized carbons (Fsp3) is 0.419. The first-order valence-corrected chi connectivity index (χ1v) is 27.6. The summed E-state index contributed by atoms with van der Waals surface area (Å²) >= 11 is 6.27. The van der Waals surface area contributed by atoms with Gasteiger partial charge in [0.25, 0.3) is 0 Å². The summed E-state index contributed by atoms with van der Waals surface area (Å²) in [5.74, 6) is 5.43. The van der Waals surface area contributed by atoms with Crippen LogP contribution in [0, 0.1) is 6.26 Å². The van der Waals surface area contributed by atoms with E-state index in [0.717, 1.165) is 117 Å². The van der Waals surface area contributed by atoms with Gasteiger partial charge in [0.15, 0.2) is 31.7 Å². The maximum atomic E-state index is 11.7. The van der Waals surface area contributed by atoms with Gasteiger partial charge in [-0.05, 0) is 112 Å². The Balaban J connectivity index is 0.000000127. The highest BCUT2D eigenvalue weighted by molar-refractivity contribution is 9.11. The maximum absolute atomic E-state index is 11.7. The van der Waals surface area contributed by atoms with E-state index in [1.165, 1.54) is 55.4 Å². The molecular weight excluding hydrogens is 989 g/mol. The van der Waals surface area contributed by atoms with Gasteiger partial charge in [0, 0.05) is 54.1 Å². The minimum Gasteiger partial charge on any atom is -0.347 e. The molecule has 2 aliphatic carbocycles. The lowest BCUT2D eigenvalue weighted by atomic mass is 9.97. The molecule has 4 aliphatic rings. The topological polar surface area (TPSA) is 213 Å². The third-order valence-electron chi connectivity index (χ3n) is 12.1. The van der Waals surface area contributed by atoms with Crippen LogP contribution in [0.5, 0.6) is 0 Å².